The normalized spacial score (nSPS) is 23.0. The summed E-state index contributed by atoms with van der Waals surface area (Å²) in [7, 11) is 0. The number of aliphatic hydroxyl groups excluding tert-OH is 1. The van der Waals surface area contributed by atoms with Crippen LogP contribution < -0.4 is 0 Å². The third-order valence-electron chi connectivity index (χ3n) is 4.64. The average Bonchev–Trinajstić information content (AvgIpc) is 2.98. The molecule has 0 saturated heterocycles. The highest BCUT2D eigenvalue weighted by molar-refractivity contribution is 7.99. The van der Waals surface area contributed by atoms with Gasteiger partial charge in [-0.2, -0.15) is 0 Å². The molecular formula is C17H22ClNO2S. The van der Waals surface area contributed by atoms with Crippen LogP contribution in [0.5, 0.6) is 0 Å². The van der Waals surface area contributed by atoms with E-state index in [1.165, 1.54) is 16.0 Å². The minimum atomic E-state index is -0.603. The maximum absolute atomic E-state index is 12.1. The predicted molar refractivity (Wildman–Crippen MR) is 90.7 cm³/mol. The first-order valence-electron chi connectivity index (χ1n) is 7.97. The first kappa shape index (κ1) is 16.2. The predicted octanol–water partition coefficient (Wildman–Crippen LogP) is 3.16. The van der Waals surface area contributed by atoms with Crippen LogP contribution in [0.2, 0.25) is 0 Å². The molecule has 3 rings (SSSR count). The van der Waals surface area contributed by atoms with Crippen molar-refractivity contribution >= 4 is 29.3 Å². The Hall–Kier alpha value is -0.710. The third-order valence-corrected chi connectivity index (χ3v) is 5.97. The molecule has 3 nitrogen and oxygen atoms in total. The van der Waals surface area contributed by atoms with Crippen LogP contribution in [0.1, 0.15) is 42.6 Å². The number of benzene rings is 1. The van der Waals surface area contributed by atoms with E-state index in [2.05, 4.69) is 12.1 Å². The minimum Gasteiger partial charge on any atom is -0.386 e. The lowest BCUT2D eigenvalue weighted by Gasteiger charge is -2.38. The molecule has 2 aliphatic rings. The molecule has 1 aromatic rings. The Balaban J connectivity index is 1.89. The molecule has 1 aliphatic heterocycles. The van der Waals surface area contributed by atoms with Gasteiger partial charge >= 0.3 is 0 Å². The van der Waals surface area contributed by atoms with E-state index in [9.17, 15) is 9.90 Å². The molecule has 1 heterocycles. The fourth-order valence-corrected chi connectivity index (χ4v) is 4.82. The standard InChI is InChI=1S/C17H22ClNO2S/c1-2-6-19(16(20)10-18)14-4-3-11-8-12-5-7-22-15(12)9-13(11)17(14)21/h8-9,14,17,21H,2-7,10H2,1H3/t14-,17-/m1/s1. The molecule has 120 valence electrons. The van der Waals surface area contributed by atoms with Crippen LogP contribution >= 0.6 is 23.4 Å². The number of fused-ring (bicyclic) bond motifs is 2. The molecule has 0 fully saturated rings. The van der Waals surface area contributed by atoms with Gasteiger partial charge in [0.15, 0.2) is 0 Å². The van der Waals surface area contributed by atoms with Crippen LogP contribution in [0, 0.1) is 0 Å². The van der Waals surface area contributed by atoms with E-state index in [0.29, 0.717) is 6.54 Å². The van der Waals surface area contributed by atoms with Gasteiger partial charge in [0.2, 0.25) is 5.91 Å². The summed E-state index contributed by atoms with van der Waals surface area (Å²) >= 11 is 7.61. The van der Waals surface area contributed by atoms with Crippen LogP contribution in [0.15, 0.2) is 17.0 Å². The molecular weight excluding hydrogens is 318 g/mol. The van der Waals surface area contributed by atoms with E-state index in [4.69, 9.17) is 11.6 Å². The molecule has 22 heavy (non-hydrogen) atoms. The number of rotatable bonds is 4. The van der Waals surface area contributed by atoms with Crippen molar-refractivity contribution in [2.24, 2.45) is 0 Å². The monoisotopic (exact) mass is 339 g/mol. The Kier molecular flexibility index (Phi) is 5.00. The Morgan fingerprint density at radius 1 is 1.41 bits per heavy atom. The number of hydrogen-bond acceptors (Lipinski definition) is 3. The summed E-state index contributed by atoms with van der Waals surface area (Å²) in [6.07, 6.45) is 3.13. The van der Waals surface area contributed by atoms with Crippen molar-refractivity contribution in [2.75, 3.05) is 18.2 Å². The highest BCUT2D eigenvalue weighted by Crippen LogP contribution is 2.40. The van der Waals surface area contributed by atoms with Crippen LogP contribution in [0.4, 0.5) is 0 Å². The number of halogens is 1. The molecule has 1 aliphatic carbocycles. The Bertz CT molecular complexity index is 578. The Labute approximate surface area is 141 Å². The van der Waals surface area contributed by atoms with Gasteiger partial charge in [-0.15, -0.1) is 23.4 Å². The molecule has 0 unspecified atom stereocenters. The summed E-state index contributed by atoms with van der Waals surface area (Å²) in [4.78, 5) is 15.2. The van der Waals surface area contributed by atoms with Crippen molar-refractivity contribution in [1.82, 2.24) is 4.90 Å². The van der Waals surface area contributed by atoms with Crippen LogP contribution in [-0.2, 0) is 17.6 Å². The van der Waals surface area contributed by atoms with Gasteiger partial charge in [0.05, 0.1) is 12.1 Å². The maximum Gasteiger partial charge on any atom is 0.237 e. The van der Waals surface area contributed by atoms with Crippen LogP contribution in [0.3, 0.4) is 0 Å². The van der Waals surface area contributed by atoms with E-state index in [1.807, 2.05) is 18.7 Å². The minimum absolute atomic E-state index is 0.0177. The first-order chi connectivity index (χ1) is 10.7. The van der Waals surface area contributed by atoms with Gasteiger partial charge < -0.3 is 10.0 Å². The Morgan fingerprint density at radius 3 is 2.95 bits per heavy atom. The molecule has 0 bridgehead atoms. The largest absolute Gasteiger partial charge is 0.386 e. The van der Waals surface area contributed by atoms with E-state index in [0.717, 1.165) is 37.0 Å². The molecule has 0 radical (unpaired) electrons. The van der Waals surface area contributed by atoms with Gasteiger partial charge in [0, 0.05) is 17.2 Å². The van der Waals surface area contributed by atoms with Gasteiger partial charge in [-0.05, 0) is 48.4 Å². The molecule has 1 N–H and O–H groups in total. The summed E-state index contributed by atoms with van der Waals surface area (Å²) in [5, 5.41) is 10.8. The molecule has 0 aromatic heterocycles. The molecule has 0 saturated carbocycles. The van der Waals surface area contributed by atoms with Crippen LogP contribution in [-0.4, -0.2) is 40.1 Å². The lowest BCUT2D eigenvalue weighted by Crippen LogP contribution is -2.46. The zero-order chi connectivity index (χ0) is 15.7. The SMILES string of the molecule is CCCN(C(=O)CCl)[C@@H]1CCc2cc3c(cc2[C@H]1O)SCC3. The number of hydrogen-bond donors (Lipinski definition) is 1. The van der Waals surface area contributed by atoms with Crippen molar-refractivity contribution in [2.45, 2.75) is 49.6 Å². The van der Waals surface area contributed by atoms with Crippen LogP contribution in [0.25, 0.3) is 0 Å². The van der Waals surface area contributed by atoms with Crippen molar-refractivity contribution in [3.63, 3.8) is 0 Å². The maximum atomic E-state index is 12.1. The van der Waals surface area contributed by atoms with Gasteiger partial charge in [0.1, 0.15) is 5.88 Å². The molecule has 1 amide bonds. The number of amides is 1. The number of carbonyl (C=O) groups excluding carboxylic acids is 1. The number of aliphatic hydroxyl groups is 1. The Morgan fingerprint density at radius 2 is 2.23 bits per heavy atom. The van der Waals surface area contributed by atoms with Crippen molar-refractivity contribution in [3.8, 4) is 0 Å². The zero-order valence-corrected chi connectivity index (χ0v) is 14.4. The average molecular weight is 340 g/mol. The summed E-state index contributed by atoms with van der Waals surface area (Å²) < 4.78 is 0. The summed E-state index contributed by atoms with van der Waals surface area (Å²) in [5.41, 5.74) is 3.67. The number of nitrogens with zero attached hydrogens (tertiary/aromatic N) is 1. The van der Waals surface area contributed by atoms with Crippen molar-refractivity contribution < 1.29 is 9.90 Å². The molecule has 5 heteroatoms. The summed E-state index contributed by atoms with van der Waals surface area (Å²) in [6.45, 7) is 2.70. The van der Waals surface area contributed by atoms with Gasteiger partial charge in [0.25, 0.3) is 0 Å². The second-order valence-electron chi connectivity index (χ2n) is 6.03. The lowest BCUT2D eigenvalue weighted by atomic mass is 9.83. The second-order valence-corrected chi connectivity index (χ2v) is 7.43. The zero-order valence-electron chi connectivity index (χ0n) is 12.8. The van der Waals surface area contributed by atoms with Gasteiger partial charge in [-0.1, -0.05) is 13.0 Å². The van der Waals surface area contributed by atoms with Crippen molar-refractivity contribution in [1.29, 1.82) is 0 Å². The molecule has 2 atom stereocenters. The quantitative estimate of drug-likeness (QED) is 0.857. The van der Waals surface area contributed by atoms with E-state index < -0.39 is 6.10 Å². The number of carbonyl (C=O) groups is 1. The topological polar surface area (TPSA) is 40.5 Å². The highest BCUT2D eigenvalue weighted by atomic mass is 35.5. The molecule has 1 aromatic carbocycles. The molecule has 0 spiro atoms. The summed E-state index contributed by atoms with van der Waals surface area (Å²) in [5.74, 6) is 1.03. The van der Waals surface area contributed by atoms with Gasteiger partial charge in [-0.3, -0.25) is 4.79 Å². The number of thioether (sulfide) groups is 1. The van der Waals surface area contributed by atoms with E-state index in [1.54, 1.807) is 4.90 Å². The summed E-state index contributed by atoms with van der Waals surface area (Å²) in [6, 6.07) is 4.26. The van der Waals surface area contributed by atoms with Crippen molar-refractivity contribution in [3.05, 3.63) is 28.8 Å². The first-order valence-corrected chi connectivity index (χ1v) is 9.49. The fraction of sp³-hybridized carbons (Fsp3) is 0.588. The lowest BCUT2D eigenvalue weighted by molar-refractivity contribution is -0.134. The highest BCUT2D eigenvalue weighted by Gasteiger charge is 2.35. The van der Waals surface area contributed by atoms with E-state index >= 15 is 0 Å². The second kappa shape index (κ2) is 6.81. The smallest absolute Gasteiger partial charge is 0.237 e. The number of alkyl halides is 1. The third kappa shape index (κ3) is 2.89. The van der Waals surface area contributed by atoms with E-state index in [-0.39, 0.29) is 17.8 Å². The van der Waals surface area contributed by atoms with Gasteiger partial charge in [-0.25, -0.2) is 0 Å². The number of aryl methyl sites for hydroxylation is 2. The fourth-order valence-electron chi connectivity index (χ4n) is 3.57.